The minimum Gasteiger partial charge on any atom is -0.310 e. The highest BCUT2D eigenvalue weighted by atomic mass is 35.5. The maximum atomic E-state index is 14.1. The number of carbonyl (C=O) groups is 1. The van der Waals surface area contributed by atoms with E-state index in [1.807, 2.05) is 0 Å². The van der Waals surface area contributed by atoms with Crippen LogP contribution >= 0.6 is 22.9 Å². The van der Waals surface area contributed by atoms with E-state index in [9.17, 15) is 13.6 Å². The maximum Gasteiger partial charge on any atom is 0.279 e. The Morgan fingerprint density at radius 3 is 2.67 bits per heavy atom. The molecule has 24 heavy (non-hydrogen) atoms. The zero-order valence-corrected chi connectivity index (χ0v) is 13.9. The monoisotopic (exact) mass is 364 g/mol. The molecule has 3 rings (SSSR count). The molecule has 0 aliphatic carbocycles. The summed E-state index contributed by atoms with van der Waals surface area (Å²) in [5, 5.41) is 0.507. The molecule has 7 heteroatoms. The van der Waals surface area contributed by atoms with Crippen molar-refractivity contribution in [2.45, 2.75) is 6.54 Å². The molecule has 0 radical (unpaired) electrons. The summed E-state index contributed by atoms with van der Waals surface area (Å²) in [4.78, 5) is 16.6. The topological polar surface area (TPSA) is 34.4 Å². The first-order valence-electron chi connectivity index (χ1n) is 6.93. The first-order valence-corrected chi connectivity index (χ1v) is 8.13. The first-order chi connectivity index (χ1) is 11.5. The molecule has 1 aromatic heterocycles. The van der Waals surface area contributed by atoms with E-state index in [1.165, 1.54) is 10.6 Å². The molecule has 1 amide bonds. The van der Waals surface area contributed by atoms with E-state index in [0.29, 0.717) is 15.3 Å². The lowest BCUT2D eigenvalue weighted by atomic mass is 10.2. The van der Waals surface area contributed by atoms with Gasteiger partial charge in [-0.1, -0.05) is 29.0 Å². The first kappa shape index (κ1) is 16.5. The van der Waals surface area contributed by atoms with E-state index in [2.05, 4.69) is 11.6 Å². The predicted octanol–water partition coefficient (Wildman–Crippen LogP) is 4.56. The molecule has 2 aromatic carbocycles. The van der Waals surface area contributed by atoms with Gasteiger partial charge in [0, 0.05) is 23.2 Å². The third-order valence-electron chi connectivity index (χ3n) is 3.30. The van der Waals surface area contributed by atoms with Gasteiger partial charge in [0.05, 0.1) is 10.2 Å². The van der Waals surface area contributed by atoms with E-state index in [4.69, 9.17) is 11.6 Å². The molecule has 0 N–H and O–H groups in total. The van der Waals surface area contributed by atoms with E-state index in [0.717, 1.165) is 17.4 Å². The molecule has 0 aliphatic heterocycles. The summed E-state index contributed by atoms with van der Waals surface area (Å²) in [6.07, 6.45) is 1.56. The highest BCUT2D eigenvalue weighted by Crippen LogP contribution is 2.22. The van der Waals surface area contributed by atoms with Gasteiger partial charge in [-0.15, -0.1) is 6.58 Å². The summed E-state index contributed by atoms with van der Waals surface area (Å²) in [6.45, 7) is 3.87. The highest BCUT2D eigenvalue weighted by molar-refractivity contribution is 7.16. The van der Waals surface area contributed by atoms with Crippen LogP contribution in [0.15, 0.2) is 54.0 Å². The van der Waals surface area contributed by atoms with Crippen molar-refractivity contribution in [2.75, 3.05) is 0 Å². The number of thiazole rings is 1. The highest BCUT2D eigenvalue weighted by Gasteiger charge is 2.13. The molecular formula is C17H11ClF2N2OS. The number of carbonyl (C=O) groups excluding carboxylic acids is 1. The second kappa shape index (κ2) is 6.67. The molecule has 3 aromatic rings. The van der Waals surface area contributed by atoms with E-state index in [-0.39, 0.29) is 16.9 Å². The van der Waals surface area contributed by atoms with E-state index in [1.54, 1.807) is 30.3 Å². The summed E-state index contributed by atoms with van der Waals surface area (Å²) in [7, 11) is 0. The smallest absolute Gasteiger partial charge is 0.279 e. The van der Waals surface area contributed by atoms with Gasteiger partial charge in [0.15, 0.2) is 10.6 Å². The number of allylic oxidation sites excluding steroid dienone is 1. The molecule has 0 aliphatic rings. The molecule has 0 fully saturated rings. The van der Waals surface area contributed by atoms with Crippen molar-refractivity contribution in [1.29, 1.82) is 0 Å². The van der Waals surface area contributed by atoms with Crippen molar-refractivity contribution in [3.63, 3.8) is 0 Å². The van der Waals surface area contributed by atoms with Gasteiger partial charge < -0.3 is 4.57 Å². The van der Waals surface area contributed by atoms with Crippen molar-refractivity contribution < 1.29 is 13.6 Å². The largest absolute Gasteiger partial charge is 0.310 e. The minimum absolute atomic E-state index is 0.198. The van der Waals surface area contributed by atoms with Crippen LogP contribution in [-0.2, 0) is 6.54 Å². The minimum atomic E-state index is -0.705. The molecule has 3 nitrogen and oxygen atoms in total. The standard InChI is InChI=1S/C17H11ClF2N2OS/c1-2-7-22-15-13(20)8-12(19)9-14(15)24-17(22)21-16(23)10-3-5-11(18)6-4-10/h2-6,8-9H,1,7H2. The normalized spacial score (nSPS) is 11.9. The van der Waals surface area contributed by atoms with Crippen molar-refractivity contribution in [1.82, 2.24) is 4.57 Å². The average Bonchev–Trinajstić information content (AvgIpc) is 2.85. The van der Waals surface area contributed by atoms with Crippen molar-refractivity contribution >= 4 is 39.1 Å². The van der Waals surface area contributed by atoms with Crippen molar-refractivity contribution in [2.24, 2.45) is 4.99 Å². The van der Waals surface area contributed by atoms with Crippen molar-refractivity contribution in [3.05, 3.63) is 76.1 Å². The number of aromatic nitrogens is 1. The van der Waals surface area contributed by atoms with Crippen LogP contribution in [0.5, 0.6) is 0 Å². The van der Waals surface area contributed by atoms with Gasteiger partial charge in [0.2, 0.25) is 0 Å². The van der Waals surface area contributed by atoms with Crippen LogP contribution in [0.2, 0.25) is 5.02 Å². The fraction of sp³-hybridized carbons (Fsp3) is 0.0588. The molecular weight excluding hydrogens is 354 g/mol. The van der Waals surface area contributed by atoms with Crippen molar-refractivity contribution in [3.8, 4) is 0 Å². The summed E-state index contributed by atoms with van der Waals surface area (Å²) < 4.78 is 29.4. The second-order valence-corrected chi connectivity index (χ2v) is 6.39. The molecule has 0 unspecified atom stereocenters. The third-order valence-corrected chi connectivity index (χ3v) is 4.57. The number of amides is 1. The average molecular weight is 365 g/mol. The summed E-state index contributed by atoms with van der Waals surface area (Å²) in [6, 6.07) is 8.30. The van der Waals surface area contributed by atoms with Gasteiger partial charge in [-0.2, -0.15) is 4.99 Å². The van der Waals surface area contributed by atoms with Crippen LogP contribution < -0.4 is 4.80 Å². The Morgan fingerprint density at radius 1 is 1.29 bits per heavy atom. The third kappa shape index (κ3) is 3.16. The van der Waals surface area contributed by atoms with Gasteiger partial charge in [-0.25, -0.2) is 8.78 Å². The SMILES string of the molecule is C=CCn1c(=NC(=O)c2ccc(Cl)cc2)sc2cc(F)cc(F)c21. The maximum absolute atomic E-state index is 14.1. The lowest BCUT2D eigenvalue weighted by Gasteiger charge is -2.02. The Labute approximate surface area is 145 Å². The van der Waals surface area contributed by atoms with Gasteiger partial charge in [0.25, 0.3) is 5.91 Å². The quantitative estimate of drug-likeness (QED) is 0.627. The molecule has 0 saturated heterocycles. The van der Waals surface area contributed by atoms with Gasteiger partial charge in [0.1, 0.15) is 5.82 Å². The number of hydrogen-bond donors (Lipinski definition) is 0. The predicted molar refractivity (Wildman–Crippen MR) is 91.3 cm³/mol. The number of rotatable bonds is 3. The summed E-state index contributed by atoms with van der Waals surface area (Å²) in [5.41, 5.74) is 0.553. The number of halogens is 3. The zero-order valence-electron chi connectivity index (χ0n) is 12.3. The van der Waals surface area contributed by atoms with Crippen LogP contribution in [0, 0.1) is 11.6 Å². The van der Waals surface area contributed by atoms with Gasteiger partial charge in [-0.05, 0) is 30.3 Å². The molecule has 0 atom stereocenters. The molecule has 0 bridgehead atoms. The Bertz CT molecular complexity index is 1010. The zero-order chi connectivity index (χ0) is 17.3. The second-order valence-electron chi connectivity index (χ2n) is 4.94. The van der Waals surface area contributed by atoms with Crippen LogP contribution in [-0.4, -0.2) is 10.5 Å². The number of hydrogen-bond acceptors (Lipinski definition) is 2. The Morgan fingerprint density at radius 2 is 2.00 bits per heavy atom. The summed E-state index contributed by atoms with van der Waals surface area (Å²) >= 11 is 6.84. The molecule has 0 spiro atoms. The summed E-state index contributed by atoms with van der Waals surface area (Å²) in [5.74, 6) is -1.87. The van der Waals surface area contributed by atoms with E-state index >= 15 is 0 Å². The Balaban J connectivity index is 2.19. The Kier molecular flexibility index (Phi) is 4.59. The molecule has 0 saturated carbocycles. The fourth-order valence-electron chi connectivity index (χ4n) is 2.26. The number of nitrogens with zero attached hydrogens (tertiary/aromatic N) is 2. The van der Waals surface area contributed by atoms with Crippen LogP contribution in [0.3, 0.4) is 0 Å². The van der Waals surface area contributed by atoms with Gasteiger partial charge >= 0.3 is 0 Å². The molecule has 1 heterocycles. The number of fused-ring (bicyclic) bond motifs is 1. The van der Waals surface area contributed by atoms with Gasteiger partial charge in [-0.3, -0.25) is 4.79 Å². The lowest BCUT2D eigenvalue weighted by Crippen LogP contribution is -2.16. The lowest BCUT2D eigenvalue weighted by molar-refractivity contribution is 0.0998. The molecule has 122 valence electrons. The van der Waals surface area contributed by atoms with Crippen LogP contribution in [0.4, 0.5) is 8.78 Å². The Hall–Kier alpha value is -2.31. The number of benzene rings is 2. The van der Waals surface area contributed by atoms with Crippen LogP contribution in [0.25, 0.3) is 10.2 Å². The van der Waals surface area contributed by atoms with E-state index < -0.39 is 17.5 Å². The fourth-order valence-corrected chi connectivity index (χ4v) is 3.46. The van der Waals surface area contributed by atoms with Crippen LogP contribution in [0.1, 0.15) is 10.4 Å².